The maximum Gasteiger partial charge on any atom is 0.573 e. The SMILES string of the molecule is CC(C)(C)OC(=O)n1cccc1-c1cc(OC(F)(F)F)cc(-c2nc(-c3ccc4[nH]c5c(c4c3)CCC5CC(=O)O)no2)c1. The zero-order valence-electron chi connectivity index (χ0n) is 23.9. The Morgan fingerprint density at radius 2 is 1.86 bits per heavy atom. The van der Waals surface area contributed by atoms with Crippen LogP contribution >= 0.6 is 0 Å². The number of alkyl halides is 3. The van der Waals surface area contributed by atoms with Gasteiger partial charge in [0.2, 0.25) is 5.82 Å². The van der Waals surface area contributed by atoms with Crippen LogP contribution in [0.2, 0.25) is 0 Å². The third kappa shape index (κ3) is 5.90. The van der Waals surface area contributed by atoms with E-state index in [-0.39, 0.29) is 40.9 Å². The van der Waals surface area contributed by atoms with Crippen molar-refractivity contribution in [2.24, 2.45) is 0 Å². The molecule has 44 heavy (non-hydrogen) atoms. The molecule has 5 aromatic rings. The molecule has 0 radical (unpaired) electrons. The quantitative estimate of drug-likeness (QED) is 0.202. The van der Waals surface area contributed by atoms with Crippen molar-refractivity contribution in [2.75, 3.05) is 0 Å². The molecule has 10 nitrogen and oxygen atoms in total. The number of aliphatic carboxylic acids is 1. The van der Waals surface area contributed by atoms with Crippen LogP contribution in [0.4, 0.5) is 18.0 Å². The van der Waals surface area contributed by atoms with Gasteiger partial charge in [-0.15, -0.1) is 13.2 Å². The van der Waals surface area contributed by atoms with Crippen molar-refractivity contribution in [1.82, 2.24) is 19.7 Å². The van der Waals surface area contributed by atoms with Crippen LogP contribution in [0.1, 0.15) is 50.8 Å². The van der Waals surface area contributed by atoms with E-state index in [9.17, 15) is 27.9 Å². The minimum atomic E-state index is -4.97. The molecule has 3 aromatic heterocycles. The van der Waals surface area contributed by atoms with Gasteiger partial charge in [-0.3, -0.25) is 9.36 Å². The molecule has 0 bridgehead atoms. The van der Waals surface area contributed by atoms with E-state index >= 15 is 0 Å². The van der Waals surface area contributed by atoms with Crippen LogP contribution in [0.15, 0.2) is 59.3 Å². The fraction of sp³-hybridized carbons (Fsp3) is 0.290. The lowest BCUT2D eigenvalue weighted by Crippen LogP contribution is -2.27. The summed E-state index contributed by atoms with van der Waals surface area (Å²) in [6.45, 7) is 5.11. The van der Waals surface area contributed by atoms with Crippen LogP contribution < -0.4 is 4.74 Å². The number of benzene rings is 2. The normalized spacial score (nSPS) is 15.0. The molecule has 0 saturated heterocycles. The van der Waals surface area contributed by atoms with Gasteiger partial charge in [0.15, 0.2) is 0 Å². The monoisotopic (exact) mass is 608 g/mol. The van der Waals surface area contributed by atoms with Gasteiger partial charge in [-0.1, -0.05) is 5.16 Å². The van der Waals surface area contributed by atoms with Crippen molar-refractivity contribution in [1.29, 1.82) is 0 Å². The number of carboxylic acids is 1. The summed E-state index contributed by atoms with van der Waals surface area (Å²) in [5.74, 6) is -1.34. The summed E-state index contributed by atoms with van der Waals surface area (Å²) in [5, 5.41) is 14.2. The Balaban J connectivity index is 1.36. The Kier molecular flexibility index (Phi) is 6.98. The highest BCUT2D eigenvalue weighted by atomic mass is 19.4. The summed E-state index contributed by atoms with van der Waals surface area (Å²) in [6, 6.07) is 12.4. The summed E-state index contributed by atoms with van der Waals surface area (Å²) in [6.07, 6.45) is -2.73. The fourth-order valence-electron chi connectivity index (χ4n) is 5.51. The molecule has 0 amide bonds. The van der Waals surface area contributed by atoms with E-state index in [1.165, 1.54) is 16.8 Å². The number of hydrogen-bond acceptors (Lipinski definition) is 7. The van der Waals surface area contributed by atoms with Gasteiger partial charge in [-0.05, 0) is 87.7 Å². The molecule has 0 spiro atoms. The lowest BCUT2D eigenvalue weighted by atomic mass is 10.0. The van der Waals surface area contributed by atoms with Crippen LogP contribution in [0, 0.1) is 0 Å². The number of carboxylic acid groups (broad SMARTS) is 1. The minimum absolute atomic E-state index is 0.0441. The largest absolute Gasteiger partial charge is 0.573 e. The molecular weight excluding hydrogens is 581 g/mol. The van der Waals surface area contributed by atoms with E-state index in [1.54, 1.807) is 39.0 Å². The molecular formula is C31H27F3N4O6. The highest BCUT2D eigenvalue weighted by Crippen LogP contribution is 2.41. The average Bonchev–Trinajstić information content (AvgIpc) is 3.70. The van der Waals surface area contributed by atoms with E-state index in [2.05, 4.69) is 19.9 Å². The number of carbonyl (C=O) groups excluding carboxylic acids is 1. The minimum Gasteiger partial charge on any atom is -0.481 e. The number of hydrogen-bond donors (Lipinski definition) is 2. The Labute approximate surface area is 248 Å². The fourth-order valence-corrected chi connectivity index (χ4v) is 5.51. The summed E-state index contributed by atoms with van der Waals surface area (Å²) < 4.78 is 56.1. The van der Waals surface area contributed by atoms with Gasteiger partial charge in [-0.2, -0.15) is 4.98 Å². The van der Waals surface area contributed by atoms with Gasteiger partial charge in [-0.25, -0.2) is 4.79 Å². The highest BCUT2D eigenvalue weighted by Gasteiger charge is 2.32. The molecule has 1 aliphatic carbocycles. The van der Waals surface area contributed by atoms with Gasteiger partial charge in [0, 0.05) is 45.4 Å². The zero-order valence-corrected chi connectivity index (χ0v) is 23.9. The maximum atomic E-state index is 13.3. The topological polar surface area (TPSA) is 132 Å². The van der Waals surface area contributed by atoms with E-state index in [4.69, 9.17) is 9.26 Å². The lowest BCUT2D eigenvalue weighted by molar-refractivity contribution is -0.274. The number of aromatic nitrogens is 4. The van der Waals surface area contributed by atoms with E-state index in [0.29, 0.717) is 5.56 Å². The molecule has 0 fully saturated rings. The Morgan fingerprint density at radius 3 is 2.59 bits per heavy atom. The Morgan fingerprint density at radius 1 is 1.09 bits per heavy atom. The predicted octanol–water partition coefficient (Wildman–Crippen LogP) is 7.54. The molecule has 2 N–H and O–H groups in total. The smallest absolute Gasteiger partial charge is 0.481 e. The third-order valence-corrected chi connectivity index (χ3v) is 7.22. The summed E-state index contributed by atoms with van der Waals surface area (Å²) in [4.78, 5) is 31.9. The number of carbonyl (C=O) groups is 2. The number of aryl methyl sites for hydroxylation is 1. The van der Waals surface area contributed by atoms with E-state index in [0.717, 1.165) is 47.1 Å². The van der Waals surface area contributed by atoms with Gasteiger partial charge >= 0.3 is 18.4 Å². The Hall–Kier alpha value is -5.07. The summed E-state index contributed by atoms with van der Waals surface area (Å²) in [5.41, 5.74) is 3.25. The molecule has 1 aliphatic rings. The zero-order chi connectivity index (χ0) is 31.4. The van der Waals surface area contributed by atoms with Crippen molar-refractivity contribution in [2.45, 2.75) is 57.9 Å². The van der Waals surface area contributed by atoms with Crippen molar-refractivity contribution in [3.05, 3.63) is 66.0 Å². The van der Waals surface area contributed by atoms with Crippen molar-refractivity contribution >= 4 is 23.0 Å². The third-order valence-electron chi connectivity index (χ3n) is 7.22. The number of H-pyrrole nitrogens is 1. The number of nitrogens with zero attached hydrogens (tertiary/aromatic N) is 3. The van der Waals surface area contributed by atoms with Crippen LogP contribution in [0.25, 0.3) is 45.0 Å². The first-order chi connectivity index (χ1) is 20.7. The lowest BCUT2D eigenvalue weighted by Gasteiger charge is -2.20. The molecule has 1 atom stereocenters. The number of rotatable bonds is 6. The second-order valence-electron chi connectivity index (χ2n) is 11.6. The molecule has 6 rings (SSSR count). The van der Waals surface area contributed by atoms with E-state index in [1.807, 2.05) is 12.1 Å². The van der Waals surface area contributed by atoms with Gasteiger partial charge < -0.3 is 24.1 Å². The predicted molar refractivity (Wildman–Crippen MR) is 152 cm³/mol. The molecule has 13 heteroatoms. The molecule has 1 unspecified atom stereocenters. The number of ether oxygens (including phenoxy) is 2. The molecule has 0 saturated carbocycles. The van der Waals surface area contributed by atoms with E-state index < -0.39 is 29.8 Å². The number of halogens is 3. The number of aromatic amines is 1. The first-order valence-electron chi connectivity index (χ1n) is 13.8. The average molecular weight is 609 g/mol. The highest BCUT2D eigenvalue weighted by molar-refractivity contribution is 5.89. The van der Waals surface area contributed by atoms with Crippen molar-refractivity contribution in [3.8, 4) is 39.8 Å². The van der Waals surface area contributed by atoms with Crippen molar-refractivity contribution < 1.29 is 41.9 Å². The molecule has 228 valence electrons. The van der Waals surface area contributed by atoms with Gasteiger partial charge in [0.05, 0.1) is 12.1 Å². The van der Waals surface area contributed by atoms with Crippen LogP contribution in [0.3, 0.4) is 0 Å². The van der Waals surface area contributed by atoms with Crippen molar-refractivity contribution in [3.63, 3.8) is 0 Å². The van der Waals surface area contributed by atoms with Crippen LogP contribution in [0.5, 0.6) is 5.75 Å². The maximum absolute atomic E-state index is 13.3. The molecule has 0 aliphatic heterocycles. The summed E-state index contributed by atoms with van der Waals surface area (Å²) >= 11 is 0. The second-order valence-corrected chi connectivity index (χ2v) is 11.6. The first kappa shape index (κ1) is 29.0. The second kappa shape index (κ2) is 10.6. The van der Waals surface area contributed by atoms with Gasteiger partial charge in [0.1, 0.15) is 11.4 Å². The van der Waals surface area contributed by atoms with Gasteiger partial charge in [0.25, 0.3) is 5.89 Å². The Bertz CT molecular complexity index is 1900. The first-order valence-corrected chi connectivity index (χ1v) is 13.8. The summed E-state index contributed by atoms with van der Waals surface area (Å²) in [7, 11) is 0. The number of nitrogens with one attached hydrogen (secondary N) is 1. The number of fused-ring (bicyclic) bond motifs is 3. The van der Waals surface area contributed by atoms with Crippen LogP contribution in [-0.4, -0.2) is 48.8 Å². The standard InChI is InChI=1S/C31H27F3N4O6/c1-30(2,3)43-29(41)38-10-4-5-24(38)18-11-19(13-20(12-18)42-31(32,33)34)28-36-27(37-44-28)17-7-9-23-22(14-17)21-8-6-16(15-25(39)40)26(21)35-23/h4-5,7,9-14,16,35H,6,8,15H2,1-3H3,(H,39,40). The van der Waals surface area contributed by atoms with Crippen LogP contribution in [-0.2, 0) is 16.0 Å². The molecule has 2 aromatic carbocycles. The molecule has 3 heterocycles.